The number of nitriles is 2. The maximum Gasteiger partial charge on any atom is 0.113 e. The molecule has 2 rings (SSSR count). The quantitative estimate of drug-likeness (QED) is 0.782. The number of aromatic nitrogens is 1. The monoisotopic (exact) mass is 221 g/mol. The van der Waals surface area contributed by atoms with Crippen molar-refractivity contribution in [2.75, 3.05) is 0 Å². The van der Waals surface area contributed by atoms with Crippen LogP contribution in [0, 0.1) is 22.7 Å². The molecule has 82 valence electrons. The van der Waals surface area contributed by atoms with Gasteiger partial charge in [0.05, 0.1) is 17.7 Å². The van der Waals surface area contributed by atoms with Gasteiger partial charge in [0.2, 0.25) is 0 Å². The lowest BCUT2D eigenvalue weighted by Gasteiger charge is -2.12. The van der Waals surface area contributed by atoms with E-state index in [4.69, 9.17) is 5.26 Å². The molecule has 0 unspecified atom stereocenters. The Hall–Kier alpha value is -2.52. The lowest BCUT2D eigenvalue weighted by Crippen LogP contribution is -2.05. The summed E-state index contributed by atoms with van der Waals surface area (Å²) in [6.07, 6.45) is 1.90. The predicted molar refractivity (Wildman–Crippen MR) is 64.0 cm³/mol. The Kier molecular flexibility index (Phi) is 2.94. The predicted octanol–water partition coefficient (Wildman–Crippen LogP) is 2.55. The molecule has 3 heteroatoms. The number of aryl methyl sites for hydroxylation is 1. The van der Waals surface area contributed by atoms with E-state index in [9.17, 15) is 5.26 Å². The van der Waals surface area contributed by atoms with Crippen LogP contribution in [0.1, 0.15) is 22.7 Å². The van der Waals surface area contributed by atoms with Gasteiger partial charge in [0, 0.05) is 18.9 Å². The van der Waals surface area contributed by atoms with Crippen LogP contribution in [0.15, 0.2) is 42.6 Å². The molecular weight excluding hydrogens is 210 g/mol. The van der Waals surface area contributed by atoms with Gasteiger partial charge in [0.25, 0.3) is 0 Å². The van der Waals surface area contributed by atoms with Crippen molar-refractivity contribution < 1.29 is 0 Å². The Morgan fingerprint density at radius 3 is 2.47 bits per heavy atom. The lowest BCUT2D eigenvalue weighted by atomic mass is 9.93. The molecule has 0 saturated carbocycles. The van der Waals surface area contributed by atoms with Crippen LogP contribution in [0.5, 0.6) is 0 Å². The minimum atomic E-state index is -0.397. The summed E-state index contributed by atoms with van der Waals surface area (Å²) in [5.74, 6) is -0.397. The first-order valence-electron chi connectivity index (χ1n) is 5.27. The van der Waals surface area contributed by atoms with Gasteiger partial charge in [-0.2, -0.15) is 10.5 Å². The molecule has 0 fully saturated rings. The molecule has 1 aromatic heterocycles. The van der Waals surface area contributed by atoms with Crippen molar-refractivity contribution in [2.24, 2.45) is 7.05 Å². The fourth-order valence-electron chi connectivity index (χ4n) is 1.92. The van der Waals surface area contributed by atoms with Gasteiger partial charge < -0.3 is 4.57 Å². The third kappa shape index (κ3) is 1.91. The smallest absolute Gasteiger partial charge is 0.113 e. The largest absolute Gasteiger partial charge is 0.353 e. The van der Waals surface area contributed by atoms with E-state index < -0.39 is 5.92 Å². The molecule has 0 N–H and O–H groups in total. The van der Waals surface area contributed by atoms with Crippen molar-refractivity contribution in [3.05, 3.63) is 59.4 Å². The van der Waals surface area contributed by atoms with Gasteiger partial charge in [-0.05, 0) is 23.8 Å². The van der Waals surface area contributed by atoms with Crippen LogP contribution >= 0.6 is 0 Å². The molecule has 0 bridgehead atoms. The van der Waals surface area contributed by atoms with Crippen LogP contribution in [-0.4, -0.2) is 4.57 Å². The molecule has 0 aliphatic rings. The van der Waals surface area contributed by atoms with E-state index in [0.29, 0.717) is 5.56 Å². The molecular formula is C14H11N3. The standard InChI is InChI=1S/C14H11N3/c1-17-8-4-7-14(17)13(10-16)12-6-3-2-5-11(12)9-15/h2-8,13H,1H3/t13-/m0/s1. The Labute approximate surface area is 100 Å². The van der Waals surface area contributed by atoms with Crippen molar-refractivity contribution in [3.8, 4) is 12.1 Å². The molecule has 0 saturated heterocycles. The summed E-state index contributed by atoms with van der Waals surface area (Å²) in [7, 11) is 1.90. The first-order valence-corrected chi connectivity index (χ1v) is 5.27. The Bertz CT molecular complexity index is 611. The molecule has 3 nitrogen and oxygen atoms in total. The summed E-state index contributed by atoms with van der Waals surface area (Å²) in [5, 5.41) is 18.4. The van der Waals surface area contributed by atoms with Crippen LogP contribution in [-0.2, 0) is 7.05 Å². The highest BCUT2D eigenvalue weighted by Crippen LogP contribution is 2.26. The van der Waals surface area contributed by atoms with E-state index in [1.165, 1.54) is 0 Å². The van der Waals surface area contributed by atoms with E-state index in [-0.39, 0.29) is 0 Å². The first kappa shape index (κ1) is 11.0. The van der Waals surface area contributed by atoms with Gasteiger partial charge in [0.1, 0.15) is 5.92 Å². The van der Waals surface area contributed by atoms with E-state index in [0.717, 1.165) is 11.3 Å². The Morgan fingerprint density at radius 2 is 1.88 bits per heavy atom. The molecule has 0 aliphatic carbocycles. The van der Waals surface area contributed by atoms with Gasteiger partial charge in [-0.3, -0.25) is 0 Å². The van der Waals surface area contributed by atoms with Crippen LogP contribution in [0.2, 0.25) is 0 Å². The SMILES string of the molecule is Cn1cccc1[C@@H](C#N)c1ccccc1C#N. The second-order valence-corrected chi connectivity index (χ2v) is 3.81. The average molecular weight is 221 g/mol. The van der Waals surface area contributed by atoms with Crippen LogP contribution in [0.25, 0.3) is 0 Å². The fraction of sp³-hybridized carbons (Fsp3) is 0.143. The topological polar surface area (TPSA) is 52.5 Å². The van der Waals surface area contributed by atoms with Crippen LogP contribution in [0.3, 0.4) is 0 Å². The summed E-state index contributed by atoms with van der Waals surface area (Å²) in [6, 6.07) is 15.4. The zero-order valence-corrected chi connectivity index (χ0v) is 9.46. The third-order valence-corrected chi connectivity index (χ3v) is 2.80. The summed E-state index contributed by atoms with van der Waals surface area (Å²) in [4.78, 5) is 0. The summed E-state index contributed by atoms with van der Waals surface area (Å²) in [5.41, 5.74) is 2.22. The van der Waals surface area contributed by atoms with E-state index in [2.05, 4.69) is 12.1 Å². The van der Waals surface area contributed by atoms with Gasteiger partial charge in [-0.15, -0.1) is 0 Å². The minimum absolute atomic E-state index is 0.397. The van der Waals surface area contributed by atoms with Gasteiger partial charge >= 0.3 is 0 Å². The highest BCUT2D eigenvalue weighted by Gasteiger charge is 2.18. The number of nitrogens with zero attached hydrogens (tertiary/aromatic N) is 3. The van der Waals surface area contributed by atoms with Crippen molar-refractivity contribution in [1.82, 2.24) is 4.57 Å². The second-order valence-electron chi connectivity index (χ2n) is 3.81. The maximum atomic E-state index is 9.32. The lowest BCUT2D eigenvalue weighted by molar-refractivity contribution is 0.813. The molecule has 0 spiro atoms. The molecule has 0 aliphatic heterocycles. The Balaban J connectivity index is 2.56. The molecule has 1 heterocycles. The normalized spacial score (nSPS) is 11.5. The fourth-order valence-corrected chi connectivity index (χ4v) is 1.92. The Morgan fingerprint density at radius 1 is 1.12 bits per heavy atom. The van der Waals surface area contributed by atoms with E-state index in [1.807, 2.05) is 48.1 Å². The first-order chi connectivity index (χ1) is 8.27. The number of hydrogen-bond acceptors (Lipinski definition) is 2. The van der Waals surface area contributed by atoms with Crippen molar-refractivity contribution in [1.29, 1.82) is 10.5 Å². The van der Waals surface area contributed by atoms with Crippen molar-refractivity contribution in [2.45, 2.75) is 5.92 Å². The second kappa shape index (κ2) is 4.55. The van der Waals surface area contributed by atoms with Gasteiger partial charge in [-0.25, -0.2) is 0 Å². The summed E-state index contributed by atoms with van der Waals surface area (Å²) < 4.78 is 1.90. The molecule has 1 atom stereocenters. The van der Waals surface area contributed by atoms with Crippen LogP contribution in [0.4, 0.5) is 0 Å². The molecule has 0 radical (unpaired) electrons. The molecule has 0 amide bonds. The molecule has 2 aromatic rings. The molecule has 1 aromatic carbocycles. The molecule has 17 heavy (non-hydrogen) atoms. The maximum absolute atomic E-state index is 9.32. The van der Waals surface area contributed by atoms with E-state index in [1.54, 1.807) is 6.07 Å². The van der Waals surface area contributed by atoms with Crippen LogP contribution < -0.4 is 0 Å². The summed E-state index contributed by atoms with van der Waals surface area (Å²) in [6.45, 7) is 0. The number of rotatable bonds is 2. The average Bonchev–Trinajstić information content (AvgIpc) is 2.78. The number of benzene rings is 1. The summed E-state index contributed by atoms with van der Waals surface area (Å²) >= 11 is 0. The zero-order chi connectivity index (χ0) is 12.3. The zero-order valence-electron chi connectivity index (χ0n) is 9.46. The number of hydrogen-bond donors (Lipinski definition) is 0. The third-order valence-electron chi connectivity index (χ3n) is 2.80. The highest BCUT2D eigenvalue weighted by atomic mass is 14.9. The van der Waals surface area contributed by atoms with Crippen molar-refractivity contribution >= 4 is 0 Å². The van der Waals surface area contributed by atoms with Gasteiger partial charge in [0.15, 0.2) is 0 Å². The van der Waals surface area contributed by atoms with Crippen molar-refractivity contribution in [3.63, 3.8) is 0 Å². The van der Waals surface area contributed by atoms with E-state index >= 15 is 0 Å². The minimum Gasteiger partial charge on any atom is -0.353 e. The highest BCUT2D eigenvalue weighted by molar-refractivity contribution is 5.46. The van der Waals surface area contributed by atoms with Gasteiger partial charge in [-0.1, -0.05) is 18.2 Å².